The number of carbonyl (C=O) groups is 1. The molecule has 15 heavy (non-hydrogen) atoms. The fourth-order valence-corrected chi connectivity index (χ4v) is 1.59. The van der Waals surface area contributed by atoms with E-state index in [0.717, 1.165) is 12.5 Å². The van der Waals surface area contributed by atoms with E-state index >= 15 is 0 Å². The lowest BCUT2D eigenvalue weighted by atomic mass is 10.2. The summed E-state index contributed by atoms with van der Waals surface area (Å²) in [7, 11) is -3.52. The predicted molar refractivity (Wildman–Crippen MR) is 54.8 cm³/mol. The summed E-state index contributed by atoms with van der Waals surface area (Å²) < 4.78 is 22.3. The first kappa shape index (κ1) is 12.1. The van der Waals surface area contributed by atoms with E-state index in [0.29, 0.717) is 0 Å². The molecule has 0 saturated carbocycles. The number of nitrogens with zero attached hydrogens (tertiary/aromatic N) is 2. The molecule has 1 heterocycles. The highest BCUT2D eigenvalue weighted by molar-refractivity contribution is 7.90. The predicted octanol–water partition coefficient (Wildman–Crippen LogP) is 1.13. The van der Waals surface area contributed by atoms with Gasteiger partial charge < -0.3 is 0 Å². The normalized spacial score (nSPS) is 11.4. The number of aromatic nitrogens is 2. The van der Waals surface area contributed by atoms with Crippen molar-refractivity contribution < 1.29 is 13.2 Å². The summed E-state index contributed by atoms with van der Waals surface area (Å²) in [5.41, 5.74) is -0.0467. The van der Waals surface area contributed by atoms with Gasteiger partial charge in [-0.2, -0.15) is 0 Å². The molecule has 0 radical (unpaired) electrons. The second-order valence-electron chi connectivity index (χ2n) is 2.90. The first-order valence-corrected chi connectivity index (χ1v) is 6.39. The molecule has 0 aliphatic heterocycles. The summed E-state index contributed by atoms with van der Waals surface area (Å²) in [6, 6.07) is 0. The first-order chi connectivity index (χ1) is 6.86. The van der Waals surface area contributed by atoms with Crippen molar-refractivity contribution in [1.82, 2.24) is 9.97 Å². The van der Waals surface area contributed by atoms with Gasteiger partial charge in [-0.15, -0.1) is 0 Å². The summed E-state index contributed by atoms with van der Waals surface area (Å²) in [5.74, 6) is -0.313. The molecule has 5 nitrogen and oxygen atoms in total. The Labute approximate surface area is 92.4 Å². The van der Waals surface area contributed by atoms with Crippen molar-refractivity contribution in [1.29, 1.82) is 0 Å². The standard InChI is InChI=1S/C8H9ClN2O3S/c1-3-6(12)7-5(9)4-10-8(11-7)15(2,13)14/h4H,3H2,1-2H3. The lowest BCUT2D eigenvalue weighted by Crippen LogP contribution is -2.09. The van der Waals surface area contributed by atoms with E-state index in [1.54, 1.807) is 6.92 Å². The topological polar surface area (TPSA) is 77.0 Å². The van der Waals surface area contributed by atoms with Gasteiger partial charge in [0.15, 0.2) is 5.78 Å². The Hall–Kier alpha value is -1.01. The van der Waals surface area contributed by atoms with Gasteiger partial charge in [-0.3, -0.25) is 4.79 Å². The molecule has 0 aromatic carbocycles. The summed E-state index contributed by atoms with van der Waals surface area (Å²) in [6.45, 7) is 1.64. The minimum Gasteiger partial charge on any atom is -0.292 e. The van der Waals surface area contributed by atoms with Crippen LogP contribution in [-0.4, -0.2) is 30.4 Å². The maximum absolute atomic E-state index is 11.3. The highest BCUT2D eigenvalue weighted by Gasteiger charge is 2.17. The fraction of sp³-hybridized carbons (Fsp3) is 0.375. The molecule has 0 fully saturated rings. The van der Waals surface area contributed by atoms with Crippen LogP contribution in [0.15, 0.2) is 11.4 Å². The van der Waals surface area contributed by atoms with E-state index < -0.39 is 9.84 Å². The van der Waals surface area contributed by atoms with Gasteiger partial charge in [-0.1, -0.05) is 18.5 Å². The van der Waals surface area contributed by atoms with Gasteiger partial charge >= 0.3 is 0 Å². The van der Waals surface area contributed by atoms with Crippen molar-refractivity contribution in [3.63, 3.8) is 0 Å². The van der Waals surface area contributed by atoms with E-state index in [-0.39, 0.29) is 28.1 Å². The average molecular weight is 249 g/mol. The molecule has 0 amide bonds. The molecule has 0 N–H and O–H groups in total. The Morgan fingerprint density at radius 3 is 2.60 bits per heavy atom. The maximum atomic E-state index is 11.3. The zero-order valence-electron chi connectivity index (χ0n) is 8.19. The largest absolute Gasteiger partial charge is 0.292 e. The third-order valence-electron chi connectivity index (χ3n) is 1.64. The molecule has 82 valence electrons. The Bertz CT molecular complexity index is 499. The minimum absolute atomic E-state index is 0.0467. The Kier molecular flexibility index (Phi) is 3.41. The number of sulfone groups is 1. The highest BCUT2D eigenvalue weighted by Crippen LogP contribution is 2.15. The molecule has 0 aliphatic rings. The Morgan fingerprint density at radius 1 is 1.53 bits per heavy atom. The zero-order chi connectivity index (χ0) is 11.6. The third kappa shape index (κ3) is 2.73. The summed E-state index contributed by atoms with van der Waals surface area (Å²) >= 11 is 5.68. The molecule has 0 spiro atoms. The summed E-state index contributed by atoms with van der Waals surface area (Å²) in [4.78, 5) is 18.5. The van der Waals surface area contributed by atoms with Gasteiger partial charge in [0.1, 0.15) is 5.69 Å². The molecule has 0 unspecified atom stereocenters. The van der Waals surface area contributed by atoms with Crippen molar-refractivity contribution in [3.8, 4) is 0 Å². The summed E-state index contributed by atoms with van der Waals surface area (Å²) in [6.07, 6.45) is 2.30. The number of hydrogen-bond donors (Lipinski definition) is 0. The molecular weight excluding hydrogens is 240 g/mol. The molecule has 0 aliphatic carbocycles. The number of hydrogen-bond acceptors (Lipinski definition) is 5. The number of halogens is 1. The minimum atomic E-state index is -3.52. The van der Waals surface area contributed by atoms with E-state index in [9.17, 15) is 13.2 Å². The van der Waals surface area contributed by atoms with Gasteiger partial charge in [0, 0.05) is 12.7 Å². The van der Waals surface area contributed by atoms with Crippen molar-refractivity contribution in [2.24, 2.45) is 0 Å². The van der Waals surface area contributed by atoms with Crippen molar-refractivity contribution in [2.45, 2.75) is 18.5 Å². The number of carbonyl (C=O) groups excluding carboxylic acids is 1. The van der Waals surface area contributed by atoms with Crippen LogP contribution in [0.25, 0.3) is 0 Å². The monoisotopic (exact) mass is 248 g/mol. The van der Waals surface area contributed by atoms with Crippen molar-refractivity contribution in [2.75, 3.05) is 6.26 Å². The third-order valence-corrected chi connectivity index (χ3v) is 2.78. The van der Waals surface area contributed by atoms with E-state index in [1.165, 1.54) is 0 Å². The second-order valence-corrected chi connectivity index (χ2v) is 5.21. The number of ketones is 1. The van der Waals surface area contributed by atoms with Crippen LogP contribution < -0.4 is 0 Å². The van der Waals surface area contributed by atoms with Crippen LogP contribution in [0.5, 0.6) is 0 Å². The first-order valence-electron chi connectivity index (χ1n) is 4.12. The molecule has 0 saturated heterocycles. The SMILES string of the molecule is CCC(=O)c1nc(S(C)(=O)=O)ncc1Cl. The van der Waals surface area contributed by atoms with Crippen LogP contribution in [0.2, 0.25) is 5.02 Å². The van der Waals surface area contributed by atoms with Crippen LogP contribution in [0.4, 0.5) is 0 Å². The molecule has 1 aromatic heterocycles. The Balaban J connectivity index is 3.36. The maximum Gasteiger partial charge on any atom is 0.247 e. The van der Waals surface area contributed by atoms with Gasteiger partial charge in [0.2, 0.25) is 15.0 Å². The molecular formula is C8H9ClN2O3S. The zero-order valence-corrected chi connectivity index (χ0v) is 9.76. The molecule has 0 bridgehead atoms. The average Bonchev–Trinajstić information content (AvgIpc) is 2.15. The lowest BCUT2D eigenvalue weighted by Gasteiger charge is -2.02. The van der Waals surface area contributed by atoms with Crippen LogP contribution in [-0.2, 0) is 9.84 Å². The molecule has 1 rings (SSSR count). The van der Waals surface area contributed by atoms with E-state index in [2.05, 4.69) is 9.97 Å². The van der Waals surface area contributed by atoms with Crippen LogP contribution in [0.3, 0.4) is 0 Å². The Morgan fingerprint density at radius 2 is 2.13 bits per heavy atom. The summed E-state index contributed by atoms with van der Waals surface area (Å²) in [5, 5.41) is -0.321. The van der Waals surface area contributed by atoms with Gasteiger partial charge in [0.05, 0.1) is 11.2 Å². The highest BCUT2D eigenvalue weighted by atomic mass is 35.5. The van der Waals surface area contributed by atoms with Crippen molar-refractivity contribution in [3.05, 3.63) is 16.9 Å². The van der Waals surface area contributed by atoms with Crippen LogP contribution in [0.1, 0.15) is 23.8 Å². The van der Waals surface area contributed by atoms with Crippen LogP contribution >= 0.6 is 11.6 Å². The molecule has 7 heteroatoms. The van der Waals surface area contributed by atoms with E-state index in [1.807, 2.05) is 0 Å². The fourth-order valence-electron chi connectivity index (χ4n) is 0.893. The molecule has 1 aromatic rings. The van der Waals surface area contributed by atoms with Gasteiger partial charge in [-0.05, 0) is 0 Å². The number of rotatable bonds is 3. The molecule has 0 atom stereocenters. The smallest absolute Gasteiger partial charge is 0.247 e. The van der Waals surface area contributed by atoms with Crippen molar-refractivity contribution >= 4 is 27.2 Å². The van der Waals surface area contributed by atoms with Crippen LogP contribution in [0, 0.1) is 0 Å². The number of Topliss-reactive ketones (excluding diaryl/α,β-unsaturated/α-hetero) is 1. The van der Waals surface area contributed by atoms with E-state index in [4.69, 9.17) is 11.6 Å². The lowest BCUT2D eigenvalue weighted by molar-refractivity contribution is 0.0982. The van der Waals surface area contributed by atoms with Gasteiger partial charge in [0.25, 0.3) is 0 Å². The quantitative estimate of drug-likeness (QED) is 0.592. The van der Waals surface area contributed by atoms with Gasteiger partial charge in [-0.25, -0.2) is 18.4 Å². The second kappa shape index (κ2) is 4.24.